The number of benzene rings is 2. The van der Waals surface area contributed by atoms with Gasteiger partial charge in [-0.25, -0.2) is 8.42 Å². The third-order valence-corrected chi connectivity index (χ3v) is 7.18. The molecule has 1 amide bonds. The van der Waals surface area contributed by atoms with Gasteiger partial charge in [0.05, 0.1) is 10.9 Å². The first kappa shape index (κ1) is 20.6. The van der Waals surface area contributed by atoms with Crippen molar-refractivity contribution in [1.82, 2.24) is 9.62 Å². The van der Waals surface area contributed by atoms with E-state index in [1.54, 1.807) is 19.1 Å². The van der Waals surface area contributed by atoms with E-state index in [9.17, 15) is 13.2 Å². The molecule has 30 heavy (non-hydrogen) atoms. The third-order valence-electron chi connectivity index (χ3n) is 5.27. The van der Waals surface area contributed by atoms with Gasteiger partial charge in [-0.05, 0) is 61.7 Å². The lowest BCUT2D eigenvalue weighted by Crippen LogP contribution is -2.37. The minimum absolute atomic E-state index is 0.203. The number of hydrogen-bond acceptors (Lipinski definition) is 6. The maximum absolute atomic E-state index is 12.6. The molecule has 2 aromatic rings. The highest BCUT2D eigenvalue weighted by Crippen LogP contribution is 2.32. The SMILES string of the molecule is CC(NCc1ccc2c(c1)OCO2)C(=O)Nc1ccc(S(=O)(=O)N2CCCC2)cc1. The first-order valence-electron chi connectivity index (χ1n) is 9.96. The summed E-state index contributed by atoms with van der Waals surface area (Å²) in [6.45, 7) is 3.62. The second kappa shape index (κ2) is 8.63. The molecule has 2 heterocycles. The summed E-state index contributed by atoms with van der Waals surface area (Å²) in [6, 6.07) is 11.5. The predicted octanol–water partition coefficient (Wildman–Crippen LogP) is 2.32. The average Bonchev–Trinajstić information content (AvgIpc) is 3.44. The van der Waals surface area contributed by atoms with E-state index in [-0.39, 0.29) is 17.6 Å². The first-order chi connectivity index (χ1) is 14.4. The maximum Gasteiger partial charge on any atom is 0.243 e. The van der Waals surface area contributed by atoms with E-state index < -0.39 is 16.1 Å². The fourth-order valence-corrected chi connectivity index (χ4v) is 4.97. The maximum atomic E-state index is 12.6. The van der Waals surface area contributed by atoms with Gasteiger partial charge in [0.2, 0.25) is 22.7 Å². The van der Waals surface area contributed by atoms with Crippen molar-refractivity contribution in [3.05, 3.63) is 48.0 Å². The van der Waals surface area contributed by atoms with Crippen molar-refractivity contribution in [3.63, 3.8) is 0 Å². The van der Waals surface area contributed by atoms with Gasteiger partial charge in [0.1, 0.15) is 0 Å². The van der Waals surface area contributed by atoms with Crippen LogP contribution >= 0.6 is 0 Å². The van der Waals surface area contributed by atoms with Crippen molar-refractivity contribution >= 4 is 21.6 Å². The van der Waals surface area contributed by atoms with Crippen LogP contribution in [0.25, 0.3) is 0 Å². The van der Waals surface area contributed by atoms with Crippen LogP contribution in [0.1, 0.15) is 25.3 Å². The molecule has 0 radical (unpaired) electrons. The fourth-order valence-electron chi connectivity index (χ4n) is 3.45. The van der Waals surface area contributed by atoms with E-state index in [1.165, 1.54) is 16.4 Å². The molecule has 2 aliphatic rings. The number of nitrogens with zero attached hydrogens (tertiary/aromatic N) is 1. The van der Waals surface area contributed by atoms with E-state index in [2.05, 4.69) is 10.6 Å². The van der Waals surface area contributed by atoms with Crippen LogP contribution in [0.5, 0.6) is 11.5 Å². The Kier molecular flexibility index (Phi) is 5.94. The lowest BCUT2D eigenvalue weighted by Gasteiger charge is -2.16. The van der Waals surface area contributed by atoms with Gasteiger partial charge in [-0.2, -0.15) is 4.31 Å². The normalized spacial score (nSPS) is 17.1. The largest absolute Gasteiger partial charge is 0.454 e. The van der Waals surface area contributed by atoms with Crippen LogP contribution < -0.4 is 20.1 Å². The van der Waals surface area contributed by atoms with Crippen molar-refractivity contribution in [2.75, 3.05) is 25.2 Å². The molecule has 2 aliphatic heterocycles. The Morgan fingerprint density at radius 3 is 2.50 bits per heavy atom. The van der Waals surface area contributed by atoms with E-state index in [4.69, 9.17) is 9.47 Å². The summed E-state index contributed by atoms with van der Waals surface area (Å²) in [5, 5.41) is 5.99. The van der Waals surface area contributed by atoms with Crippen molar-refractivity contribution in [3.8, 4) is 11.5 Å². The molecule has 1 unspecified atom stereocenters. The van der Waals surface area contributed by atoms with Gasteiger partial charge < -0.3 is 20.1 Å². The summed E-state index contributed by atoms with van der Waals surface area (Å²) in [7, 11) is -3.45. The van der Waals surface area contributed by atoms with E-state index >= 15 is 0 Å². The summed E-state index contributed by atoms with van der Waals surface area (Å²) in [6.07, 6.45) is 1.79. The van der Waals surface area contributed by atoms with Gasteiger partial charge in [-0.3, -0.25) is 4.79 Å². The van der Waals surface area contributed by atoms with Crippen molar-refractivity contribution in [1.29, 1.82) is 0 Å². The number of fused-ring (bicyclic) bond motifs is 1. The topological polar surface area (TPSA) is 97.0 Å². The number of carbonyl (C=O) groups is 1. The van der Waals surface area contributed by atoms with Gasteiger partial charge in [0, 0.05) is 25.3 Å². The number of hydrogen-bond donors (Lipinski definition) is 2. The molecular weight excluding hydrogens is 406 g/mol. The summed E-state index contributed by atoms with van der Waals surface area (Å²) < 4.78 is 37.3. The zero-order valence-corrected chi connectivity index (χ0v) is 17.6. The van der Waals surface area contributed by atoms with Gasteiger partial charge in [-0.1, -0.05) is 6.07 Å². The highest BCUT2D eigenvalue weighted by atomic mass is 32.2. The van der Waals surface area contributed by atoms with E-state index in [1.807, 2.05) is 18.2 Å². The lowest BCUT2D eigenvalue weighted by atomic mass is 10.2. The number of anilines is 1. The van der Waals surface area contributed by atoms with Crippen LogP contribution in [0.4, 0.5) is 5.69 Å². The standard InChI is InChI=1S/C21H25N3O5S/c1-15(22-13-16-4-9-19-20(12-16)29-14-28-19)21(25)23-17-5-7-18(8-6-17)30(26,27)24-10-2-3-11-24/h4-9,12,15,22H,2-3,10-11,13-14H2,1H3,(H,23,25). The first-order valence-corrected chi connectivity index (χ1v) is 11.4. The van der Waals surface area contributed by atoms with Gasteiger partial charge in [0.15, 0.2) is 11.5 Å². The molecule has 9 heteroatoms. The molecule has 160 valence electrons. The Morgan fingerprint density at radius 2 is 1.77 bits per heavy atom. The number of ether oxygens (including phenoxy) is 2. The summed E-state index contributed by atoms with van der Waals surface area (Å²) in [5.74, 6) is 1.22. The average molecular weight is 432 g/mol. The van der Waals surface area contributed by atoms with Crippen LogP contribution in [0, 0.1) is 0 Å². The second-order valence-electron chi connectivity index (χ2n) is 7.42. The predicted molar refractivity (Wildman–Crippen MR) is 112 cm³/mol. The number of amides is 1. The molecule has 1 fully saturated rings. The monoisotopic (exact) mass is 431 g/mol. The zero-order valence-electron chi connectivity index (χ0n) is 16.8. The Bertz CT molecular complexity index is 1020. The van der Waals surface area contributed by atoms with Crippen LogP contribution in [-0.2, 0) is 21.4 Å². The fraction of sp³-hybridized carbons (Fsp3) is 0.381. The minimum atomic E-state index is -3.45. The molecule has 8 nitrogen and oxygen atoms in total. The second-order valence-corrected chi connectivity index (χ2v) is 9.35. The molecule has 1 atom stereocenters. The molecule has 0 aromatic heterocycles. The summed E-state index contributed by atoms with van der Waals surface area (Å²) in [4.78, 5) is 12.7. The minimum Gasteiger partial charge on any atom is -0.454 e. The van der Waals surface area contributed by atoms with E-state index in [0.717, 1.165) is 24.2 Å². The Balaban J connectivity index is 1.32. The van der Waals surface area contributed by atoms with Crippen LogP contribution in [0.15, 0.2) is 47.4 Å². The highest BCUT2D eigenvalue weighted by Gasteiger charge is 2.27. The Morgan fingerprint density at radius 1 is 1.07 bits per heavy atom. The molecule has 0 bridgehead atoms. The lowest BCUT2D eigenvalue weighted by molar-refractivity contribution is -0.117. The molecule has 0 aliphatic carbocycles. The molecule has 2 aromatic carbocycles. The van der Waals surface area contributed by atoms with E-state index in [0.29, 0.717) is 31.1 Å². The molecule has 4 rings (SSSR count). The number of rotatable bonds is 7. The van der Waals surface area contributed by atoms with Gasteiger partial charge >= 0.3 is 0 Å². The van der Waals surface area contributed by atoms with Crippen LogP contribution in [-0.4, -0.2) is 44.6 Å². The quantitative estimate of drug-likeness (QED) is 0.698. The molecule has 0 saturated carbocycles. The zero-order chi connectivity index (χ0) is 21.1. The van der Waals surface area contributed by atoms with Crippen LogP contribution in [0.3, 0.4) is 0 Å². The van der Waals surface area contributed by atoms with Gasteiger partial charge in [-0.15, -0.1) is 0 Å². The highest BCUT2D eigenvalue weighted by molar-refractivity contribution is 7.89. The third kappa shape index (κ3) is 4.43. The van der Waals surface area contributed by atoms with Crippen molar-refractivity contribution in [2.24, 2.45) is 0 Å². The van der Waals surface area contributed by atoms with Crippen LogP contribution in [0.2, 0.25) is 0 Å². The number of sulfonamides is 1. The molecule has 2 N–H and O–H groups in total. The molecule has 0 spiro atoms. The summed E-state index contributed by atoms with van der Waals surface area (Å²) >= 11 is 0. The smallest absolute Gasteiger partial charge is 0.243 e. The molecular formula is C21H25N3O5S. The van der Waals surface area contributed by atoms with Crippen molar-refractivity contribution < 1.29 is 22.7 Å². The molecule has 1 saturated heterocycles. The Hall–Kier alpha value is -2.62. The summed E-state index contributed by atoms with van der Waals surface area (Å²) in [5.41, 5.74) is 1.53. The number of nitrogens with one attached hydrogen (secondary N) is 2. The number of carbonyl (C=O) groups excluding carboxylic acids is 1. The van der Waals surface area contributed by atoms with Gasteiger partial charge in [0.25, 0.3) is 0 Å². The Labute approximate surface area is 176 Å². The van der Waals surface area contributed by atoms with Crippen molar-refractivity contribution in [2.45, 2.75) is 37.2 Å².